The van der Waals surface area contributed by atoms with Gasteiger partial charge in [-0.1, -0.05) is 17.7 Å². The van der Waals surface area contributed by atoms with Crippen molar-refractivity contribution in [1.29, 1.82) is 5.41 Å². The third-order valence-electron chi connectivity index (χ3n) is 1.52. The van der Waals surface area contributed by atoms with E-state index in [1.807, 2.05) is 31.2 Å². The quantitative estimate of drug-likeness (QED) is 0.480. The van der Waals surface area contributed by atoms with Crippen LogP contribution in [0.4, 0.5) is 0 Å². The van der Waals surface area contributed by atoms with Gasteiger partial charge >= 0.3 is 0 Å². The van der Waals surface area contributed by atoms with Crippen LogP contribution in [0.25, 0.3) is 0 Å². The second-order valence-electron chi connectivity index (χ2n) is 2.40. The average Bonchev–Trinajstić information content (AvgIpc) is 2.05. The number of ether oxygens (including phenoxy) is 1. The minimum atomic E-state index is 0.213. The normalized spacial score (nSPS) is 9.27. The minimum absolute atomic E-state index is 0.213. The van der Waals surface area contributed by atoms with Crippen molar-refractivity contribution in [3.63, 3.8) is 0 Å². The van der Waals surface area contributed by atoms with Gasteiger partial charge < -0.3 is 4.74 Å². The highest BCUT2D eigenvalue weighted by Crippen LogP contribution is 2.03. The van der Waals surface area contributed by atoms with Crippen molar-refractivity contribution >= 4 is 5.90 Å². The topological polar surface area (TPSA) is 33.1 Å². The van der Waals surface area contributed by atoms with E-state index in [4.69, 9.17) is 10.1 Å². The van der Waals surface area contributed by atoms with Gasteiger partial charge in [-0.05, 0) is 19.1 Å². The fraction of sp³-hybridized carbons (Fsp3) is 0.222. The number of hydrogen-bond donors (Lipinski definition) is 1. The molecule has 2 heteroatoms. The van der Waals surface area contributed by atoms with Gasteiger partial charge in [0, 0.05) is 5.56 Å². The van der Waals surface area contributed by atoms with Gasteiger partial charge in [-0.15, -0.1) is 0 Å². The SMILES string of the molecule is COC(=N)c1ccc(C)cc1. The fourth-order valence-corrected chi connectivity index (χ4v) is 0.823. The summed E-state index contributed by atoms with van der Waals surface area (Å²) < 4.78 is 4.76. The summed E-state index contributed by atoms with van der Waals surface area (Å²) in [4.78, 5) is 0. The van der Waals surface area contributed by atoms with Crippen LogP contribution in [0.3, 0.4) is 0 Å². The fourth-order valence-electron chi connectivity index (χ4n) is 0.823. The zero-order chi connectivity index (χ0) is 8.27. The van der Waals surface area contributed by atoms with Gasteiger partial charge in [0.2, 0.25) is 5.90 Å². The van der Waals surface area contributed by atoms with Gasteiger partial charge in [0.25, 0.3) is 0 Å². The Morgan fingerprint density at radius 2 is 1.82 bits per heavy atom. The molecule has 1 N–H and O–H groups in total. The Morgan fingerprint density at radius 1 is 1.27 bits per heavy atom. The van der Waals surface area contributed by atoms with Gasteiger partial charge in [-0.25, -0.2) is 0 Å². The Morgan fingerprint density at radius 3 is 2.27 bits per heavy atom. The molecule has 0 saturated carbocycles. The van der Waals surface area contributed by atoms with Crippen LogP contribution in [0.2, 0.25) is 0 Å². The second-order valence-corrected chi connectivity index (χ2v) is 2.40. The van der Waals surface area contributed by atoms with Crippen molar-refractivity contribution in [2.45, 2.75) is 6.92 Å². The summed E-state index contributed by atoms with van der Waals surface area (Å²) in [6.07, 6.45) is 0. The number of aryl methyl sites for hydroxylation is 1. The molecule has 0 saturated heterocycles. The van der Waals surface area contributed by atoms with E-state index in [0.717, 1.165) is 5.56 Å². The molecule has 0 aliphatic rings. The van der Waals surface area contributed by atoms with E-state index in [1.165, 1.54) is 12.7 Å². The van der Waals surface area contributed by atoms with E-state index in [0.29, 0.717) is 0 Å². The zero-order valence-electron chi connectivity index (χ0n) is 6.72. The molecular formula is C9H11NO. The van der Waals surface area contributed by atoms with Crippen molar-refractivity contribution in [3.05, 3.63) is 35.4 Å². The van der Waals surface area contributed by atoms with Crippen LogP contribution in [-0.2, 0) is 4.74 Å². The molecule has 1 aromatic carbocycles. The van der Waals surface area contributed by atoms with Crippen molar-refractivity contribution in [2.24, 2.45) is 0 Å². The van der Waals surface area contributed by atoms with Gasteiger partial charge in [-0.3, -0.25) is 5.41 Å². The predicted molar refractivity (Wildman–Crippen MR) is 45.0 cm³/mol. The number of rotatable bonds is 1. The molecule has 0 fully saturated rings. The first-order valence-electron chi connectivity index (χ1n) is 3.43. The summed E-state index contributed by atoms with van der Waals surface area (Å²) in [5.41, 5.74) is 2.01. The molecule has 0 amide bonds. The Balaban J connectivity index is 2.90. The lowest BCUT2D eigenvalue weighted by Crippen LogP contribution is -2.00. The standard InChI is InChI=1S/C9H11NO/c1-7-3-5-8(6-4-7)9(10)11-2/h3-6,10H,1-2H3. The molecule has 2 nitrogen and oxygen atoms in total. The zero-order valence-corrected chi connectivity index (χ0v) is 6.72. The first-order valence-corrected chi connectivity index (χ1v) is 3.43. The number of nitrogens with one attached hydrogen (secondary N) is 1. The van der Waals surface area contributed by atoms with Gasteiger partial charge in [0.15, 0.2) is 0 Å². The van der Waals surface area contributed by atoms with E-state index in [2.05, 4.69) is 0 Å². The molecular weight excluding hydrogens is 138 g/mol. The molecule has 58 valence electrons. The maximum absolute atomic E-state index is 7.33. The Bertz CT molecular complexity index is 251. The average molecular weight is 149 g/mol. The van der Waals surface area contributed by atoms with Crippen LogP contribution >= 0.6 is 0 Å². The summed E-state index contributed by atoms with van der Waals surface area (Å²) in [5.74, 6) is 0.213. The van der Waals surface area contributed by atoms with Crippen LogP contribution < -0.4 is 0 Å². The predicted octanol–water partition coefficient (Wildman–Crippen LogP) is 1.97. The Labute approximate surface area is 66.3 Å². The van der Waals surface area contributed by atoms with E-state index < -0.39 is 0 Å². The molecule has 0 aliphatic heterocycles. The maximum atomic E-state index is 7.33. The highest BCUT2D eigenvalue weighted by Gasteiger charge is 1.97. The van der Waals surface area contributed by atoms with Gasteiger partial charge in [0.05, 0.1) is 7.11 Å². The molecule has 1 rings (SSSR count). The molecule has 0 atom stereocenters. The smallest absolute Gasteiger partial charge is 0.212 e. The van der Waals surface area contributed by atoms with Crippen molar-refractivity contribution in [2.75, 3.05) is 7.11 Å². The van der Waals surface area contributed by atoms with Crippen LogP contribution in [-0.4, -0.2) is 13.0 Å². The summed E-state index contributed by atoms with van der Waals surface area (Å²) in [6, 6.07) is 7.67. The molecule has 0 bridgehead atoms. The monoisotopic (exact) mass is 149 g/mol. The Hall–Kier alpha value is -1.31. The highest BCUT2D eigenvalue weighted by atomic mass is 16.5. The lowest BCUT2D eigenvalue weighted by Gasteiger charge is -2.01. The summed E-state index contributed by atoms with van der Waals surface area (Å²) in [6.45, 7) is 2.01. The van der Waals surface area contributed by atoms with Crippen molar-refractivity contribution in [1.82, 2.24) is 0 Å². The summed E-state index contributed by atoms with van der Waals surface area (Å²) in [5, 5.41) is 7.33. The molecule has 0 unspecified atom stereocenters. The van der Waals surface area contributed by atoms with E-state index in [9.17, 15) is 0 Å². The van der Waals surface area contributed by atoms with Gasteiger partial charge in [-0.2, -0.15) is 0 Å². The molecule has 0 radical (unpaired) electrons. The maximum Gasteiger partial charge on any atom is 0.212 e. The first kappa shape index (κ1) is 7.79. The van der Waals surface area contributed by atoms with Crippen LogP contribution in [0.1, 0.15) is 11.1 Å². The van der Waals surface area contributed by atoms with Crippen LogP contribution in [0.5, 0.6) is 0 Å². The number of hydrogen-bond acceptors (Lipinski definition) is 2. The first-order chi connectivity index (χ1) is 5.24. The third kappa shape index (κ3) is 1.80. The van der Waals surface area contributed by atoms with Crippen LogP contribution in [0, 0.1) is 12.3 Å². The molecule has 1 aromatic rings. The molecule has 0 aromatic heterocycles. The highest BCUT2D eigenvalue weighted by molar-refractivity contribution is 5.91. The van der Waals surface area contributed by atoms with Crippen molar-refractivity contribution < 1.29 is 4.74 Å². The Kier molecular flexibility index (Phi) is 2.26. The van der Waals surface area contributed by atoms with E-state index in [1.54, 1.807) is 0 Å². The molecule has 11 heavy (non-hydrogen) atoms. The lowest BCUT2D eigenvalue weighted by molar-refractivity contribution is 0.401. The van der Waals surface area contributed by atoms with E-state index in [-0.39, 0.29) is 5.90 Å². The minimum Gasteiger partial charge on any atom is -0.481 e. The van der Waals surface area contributed by atoms with Crippen molar-refractivity contribution in [3.8, 4) is 0 Å². The van der Waals surface area contributed by atoms with Crippen LogP contribution in [0.15, 0.2) is 24.3 Å². The summed E-state index contributed by atoms with van der Waals surface area (Å²) in [7, 11) is 1.50. The molecule has 0 heterocycles. The van der Waals surface area contributed by atoms with Gasteiger partial charge in [0.1, 0.15) is 0 Å². The number of benzene rings is 1. The molecule has 0 aliphatic carbocycles. The third-order valence-corrected chi connectivity index (χ3v) is 1.52. The lowest BCUT2D eigenvalue weighted by atomic mass is 10.1. The van der Waals surface area contributed by atoms with E-state index >= 15 is 0 Å². The largest absolute Gasteiger partial charge is 0.481 e. The summed E-state index contributed by atoms with van der Waals surface area (Å²) >= 11 is 0. The second kappa shape index (κ2) is 3.19. The number of methoxy groups -OCH3 is 1. The molecule has 0 spiro atoms.